The molecule has 2 heterocycles. The third-order valence-corrected chi connectivity index (χ3v) is 3.79. The van der Waals surface area contributed by atoms with Crippen molar-refractivity contribution in [1.29, 1.82) is 0 Å². The van der Waals surface area contributed by atoms with Crippen molar-refractivity contribution in [2.24, 2.45) is 0 Å². The Bertz CT molecular complexity index is 730. The second kappa shape index (κ2) is 5.69. The van der Waals surface area contributed by atoms with Gasteiger partial charge in [-0.2, -0.15) is 0 Å². The number of benzene rings is 1. The minimum Gasteiger partial charge on any atom is -0.368 e. The van der Waals surface area contributed by atoms with Gasteiger partial charge < -0.3 is 15.0 Å². The zero-order valence-corrected chi connectivity index (χ0v) is 11.9. The number of hydrogen-bond acceptors (Lipinski definition) is 3. The molecule has 0 saturated carbocycles. The molecule has 5 nitrogen and oxygen atoms in total. The Balaban J connectivity index is 1.84. The molecular formula is C16H18N2O3. The van der Waals surface area contributed by atoms with E-state index in [0.717, 1.165) is 41.4 Å². The molecule has 3 rings (SSSR count). The van der Waals surface area contributed by atoms with Gasteiger partial charge in [0.25, 0.3) is 5.91 Å². The van der Waals surface area contributed by atoms with Crippen LogP contribution in [-0.2, 0) is 9.53 Å². The summed E-state index contributed by atoms with van der Waals surface area (Å²) in [6.07, 6.45) is 2.46. The summed E-state index contributed by atoms with van der Waals surface area (Å²) in [4.78, 5) is 26.4. The second-order valence-corrected chi connectivity index (χ2v) is 5.42. The van der Waals surface area contributed by atoms with Crippen molar-refractivity contribution in [2.45, 2.75) is 32.3 Å². The highest BCUT2D eigenvalue weighted by Crippen LogP contribution is 2.21. The van der Waals surface area contributed by atoms with Crippen LogP contribution in [0.25, 0.3) is 10.9 Å². The molecule has 2 N–H and O–H groups in total. The first kappa shape index (κ1) is 13.8. The zero-order chi connectivity index (χ0) is 14.8. The van der Waals surface area contributed by atoms with E-state index in [1.807, 2.05) is 13.0 Å². The van der Waals surface area contributed by atoms with Crippen molar-refractivity contribution < 1.29 is 9.53 Å². The lowest BCUT2D eigenvalue weighted by atomic mass is 10.1. The van der Waals surface area contributed by atoms with Gasteiger partial charge in [-0.1, -0.05) is 0 Å². The maximum atomic E-state index is 12.1. The fourth-order valence-corrected chi connectivity index (χ4v) is 2.67. The Morgan fingerprint density at radius 1 is 1.33 bits per heavy atom. The minimum atomic E-state index is -0.355. The summed E-state index contributed by atoms with van der Waals surface area (Å²) in [6.45, 7) is 2.53. The van der Waals surface area contributed by atoms with E-state index >= 15 is 0 Å². The number of aromatic amines is 1. The number of carbonyl (C=O) groups excluding carboxylic acids is 1. The summed E-state index contributed by atoms with van der Waals surface area (Å²) >= 11 is 0. The van der Waals surface area contributed by atoms with Gasteiger partial charge in [0.1, 0.15) is 6.10 Å². The van der Waals surface area contributed by atoms with Crippen molar-refractivity contribution in [2.75, 3.05) is 11.9 Å². The van der Waals surface area contributed by atoms with Crippen LogP contribution >= 0.6 is 0 Å². The van der Waals surface area contributed by atoms with E-state index in [1.54, 1.807) is 18.2 Å². The number of pyridine rings is 1. The molecule has 1 unspecified atom stereocenters. The maximum Gasteiger partial charge on any atom is 0.253 e. The molecule has 1 amide bonds. The van der Waals surface area contributed by atoms with E-state index in [9.17, 15) is 9.59 Å². The fourth-order valence-electron chi connectivity index (χ4n) is 2.67. The van der Waals surface area contributed by atoms with E-state index in [0.29, 0.717) is 6.61 Å². The number of ether oxygens (including phenoxy) is 1. The van der Waals surface area contributed by atoms with Gasteiger partial charge >= 0.3 is 0 Å². The summed E-state index contributed by atoms with van der Waals surface area (Å²) in [5.74, 6) is -0.101. The molecule has 0 spiro atoms. The average Bonchev–Trinajstić information content (AvgIpc) is 2.48. The summed E-state index contributed by atoms with van der Waals surface area (Å²) in [6, 6.07) is 7.03. The van der Waals surface area contributed by atoms with E-state index in [-0.39, 0.29) is 17.6 Å². The Morgan fingerprint density at radius 2 is 2.19 bits per heavy atom. The number of amides is 1. The molecule has 0 radical (unpaired) electrons. The van der Waals surface area contributed by atoms with Crippen LogP contribution in [-0.4, -0.2) is 23.6 Å². The van der Waals surface area contributed by atoms with E-state index < -0.39 is 0 Å². The Labute approximate surface area is 122 Å². The average molecular weight is 286 g/mol. The monoisotopic (exact) mass is 286 g/mol. The first-order valence-corrected chi connectivity index (χ1v) is 7.19. The summed E-state index contributed by atoms with van der Waals surface area (Å²) < 4.78 is 5.48. The molecule has 0 bridgehead atoms. The van der Waals surface area contributed by atoms with Crippen LogP contribution in [0, 0.1) is 6.92 Å². The van der Waals surface area contributed by atoms with E-state index in [4.69, 9.17) is 4.74 Å². The van der Waals surface area contributed by atoms with Crippen LogP contribution in [0.4, 0.5) is 5.69 Å². The van der Waals surface area contributed by atoms with Gasteiger partial charge in [-0.25, -0.2) is 0 Å². The lowest BCUT2D eigenvalue weighted by Gasteiger charge is -2.21. The Kier molecular flexibility index (Phi) is 3.75. The lowest BCUT2D eigenvalue weighted by Crippen LogP contribution is -2.33. The van der Waals surface area contributed by atoms with E-state index in [2.05, 4.69) is 10.3 Å². The molecule has 1 fully saturated rings. The lowest BCUT2D eigenvalue weighted by molar-refractivity contribution is -0.129. The van der Waals surface area contributed by atoms with Gasteiger partial charge in [-0.15, -0.1) is 0 Å². The van der Waals surface area contributed by atoms with Gasteiger partial charge in [-0.3, -0.25) is 9.59 Å². The van der Waals surface area contributed by atoms with Crippen molar-refractivity contribution in [3.05, 3.63) is 40.2 Å². The second-order valence-electron chi connectivity index (χ2n) is 5.42. The van der Waals surface area contributed by atoms with Crippen LogP contribution in [0.5, 0.6) is 0 Å². The van der Waals surface area contributed by atoms with Crippen molar-refractivity contribution in [1.82, 2.24) is 4.98 Å². The summed E-state index contributed by atoms with van der Waals surface area (Å²) in [7, 11) is 0. The number of nitrogens with one attached hydrogen (secondary N) is 2. The van der Waals surface area contributed by atoms with Gasteiger partial charge in [0.05, 0.1) is 0 Å². The third kappa shape index (κ3) is 2.97. The van der Waals surface area contributed by atoms with Gasteiger partial charge in [0, 0.05) is 29.3 Å². The first-order chi connectivity index (χ1) is 10.1. The van der Waals surface area contributed by atoms with Crippen molar-refractivity contribution in [3.63, 3.8) is 0 Å². The number of carbonyl (C=O) groups is 1. The number of rotatable bonds is 2. The molecule has 5 heteroatoms. The molecule has 0 aliphatic carbocycles. The maximum absolute atomic E-state index is 12.1. The van der Waals surface area contributed by atoms with Crippen LogP contribution < -0.4 is 10.9 Å². The van der Waals surface area contributed by atoms with Gasteiger partial charge in [0.15, 0.2) is 0 Å². The molecule has 110 valence electrons. The van der Waals surface area contributed by atoms with Crippen LogP contribution in [0.1, 0.15) is 24.8 Å². The highest BCUT2D eigenvalue weighted by molar-refractivity contribution is 5.96. The quantitative estimate of drug-likeness (QED) is 0.890. The highest BCUT2D eigenvalue weighted by atomic mass is 16.5. The minimum absolute atomic E-state index is 0.101. The largest absolute Gasteiger partial charge is 0.368 e. The van der Waals surface area contributed by atoms with Crippen molar-refractivity contribution in [3.8, 4) is 0 Å². The fraction of sp³-hybridized carbons (Fsp3) is 0.375. The Hall–Kier alpha value is -2.14. The molecule has 1 aromatic carbocycles. The number of aromatic nitrogens is 1. The van der Waals surface area contributed by atoms with Crippen LogP contribution in [0.2, 0.25) is 0 Å². The summed E-state index contributed by atoms with van der Waals surface area (Å²) in [5.41, 5.74) is 2.26. The molecule has 21 heavy (non-hydrogen) atoms. The molecule has 1 atom stereocenters. The normalized spacial score (nSPS) is 18.6. The van der Waals surface area contributed by atoms with Crippen LogP contribution in [0.3, 0.4) is 0 Å². The number of aryl methyl sites for hydroxylation is 1. The number of hydrogen-bond donors (Lipinski definition) is 2. The molecule has 1 aliphatic rings. The Morgan fingerprint density at radius 3 is 2.95 bits per heavy atom. The standard InChI is InChI=1S/C16H18N2O3/c1-10-8-15(19)18-13-6-5-11(9-12(10)13)17-16(20)14-4-2-3-7-21-14/h5-6,8-9,14H,2-4,7H2,1H3,(H,17,20)(H,18,19). The predicted molar refractivity (Wildman–Crippen MR) is 81.5 cm³/mol. The third-order valence-electron chi connectivity index (χ3n) is 3.79. The number of anilines is 1. The molecular weight excluding hydrogens is 268 g/mol. The predicted octanol–water partition coefficient (Wildman–Crippen LogP) is 2.34. The van der Waals surface area contributed by atoms with Crippen LogP contribution in [0.15, 0.2) is 29.1 Å². The van der Waals surface area contributed by atoms with E-state index in [1.165, 1.54) is 0 Å². The van der Waals surface area contributed by atoms with Gasteiger partial charge in [0.2, 0.25) is 5.56 Å². The summed E-state index contributed by atoms with van der Waals surface area (Å²) in [5, 5.41) is 3.82. The number of H-pyrrole nitrogens is 1. The number of fused-ring (bicyclic) bond motifs is 1. The molecule has 1 aliphatic heterocycles. The van der Waals surface area contributed by atoms with Gasteiger partial charge in [-0.05, 0) is 49.9 Å². The first-order valence-electron chi connectivity index (χ1n) is 7.19. The topological polar surface area (TPSA) is 71.2 Å². The zero-order valence-electron chi connectivity index (χ0n) is 11.9. The molecule has 1 saturated heterocycles. The SMILES string of the molecule is Cc1cc(=O)[nH]c2ccc(NC(=O)C3CCCCO3)cc12. The highest BCUT2D eigenvalue weighted by Gasteiger charge is 2.21. The smallest absolute Gasteiger partial charge is 0.253 e. The molecule has 1 aromatic heterocycles. The van der Waals surface area contributed by atoms with Crippen molar-refractivity contribution >= 4 is 22.5 Å². The molecule has 2 aromatic rings.